The maximum atomic E-state index is 13.3. The van der Waals surface area contributed by atoms with E-state index in [2.05, 4.69) is 27.1 Å². The van der Waals surface area contributed by atoms with Crippen molar-refractivity contribution in [2.45, 2.75) is 173 Å². The second-order valence-corrected chi connectivity index (χ2v) is 15.6. The van der Waals surface area contributed by atoms with Gasteiger partial charge in [0.05, 0.1) is 42.6 Å². The van der Waals surface area contributed by atoms with Crippen LogP contribution in [0.1, 0.15) is 149 Å². The van der Waals surface area contributed by atoms with E-state index in [4.69, 9.17) is 31.7 Å². The second-order valence-electron chi connectivity index (χ2n) is 15.6. The lowest BCUT2D eigenvalue weighted by Gasteiger charge is -2.33. The lowest BCUT2D eigenvalue weighted by Crippen LogP contribution is -2.59. The molecule has 5 aliphatic rings. The molecule has 13 heteroatoms. The van der Waals surface area contributed by atoms with Crippen LogP contribution in [0, 0.1) is 0 Å². The van der Waals surface area contributed by atoms with E-state index in [1.54, 1.807) is 0 Å². The summed E-state index contributed by atoms with van der Waals surface area (Å²) in [4.78, 5) is 37.2. The van der Waals surface area contributed by atoms with Crippen molar-refractivity contribution in [3.63, 3.8) is 0 Å². The smallest absolute Gasteiger partial charge is 0.351 e. The molecule has 53 heavy (non-hydrogen) atoms. The first kappa shape index (κ1) is 40.4. The number of ether oxygens (including phenoxy) is 2. The van der Waals surface area contributed by atoms with E-state index in [-0.39, 0.29) is 30.0 Å². The number of carbonyl (C=O) groups is 2. The number of aliphatic imine (C=N–C) groups is 2. The van der Waals surface area contributed by atoms with Crippen molar-refractivity contribution in [2.75, 3.05) is 26.3 Å². The van der Waals surface area contributed by atoms with E-state index in [9.17, 15) is 9.59 Å². The van der Waals surface area contributed by atoms with Crippen molar-refractivity contribution in [1.82, 2.24) is 15.5 Å². The first-order valence-electron chi connectivity index (χ1n) is 20.9. The van der Waals surface area contributed by atoms with E-state index in [1.807, 2.05) is 11.8 Å². The molecule has 5 heterocycles. The second kappa shape index (κ2) is 20.6. The van der Waals surface area contributed by atoms with Crippen LogP contribution < -0.4 is 27.8 Å². The summed E-state index contributed by atoms with van der Waals surface area (Å²) in [5, 5.41) is 7.31. The van der Waals surface area contributed by atoms with Crippen LogP contribution >= 0.6 is 0 Å². The molecule has 5 aliphatic heterocycles. The van der Waals surface area contributed by atoms with Crippen LogP contribution in [-0.4, -0.2) is 89.8 Å². The Balaban J connectivity index is 0.958. The normalized spacial score (nSPS) is 23.3. The number of nitrogens with one attached hydrogen (secondary N) is 2. The van der Waals surface area contributed by atoms with Crippen LogP contribution in [0.4, 0.5) is 0 Å². The van der Waals surface area contributed by atoms with E-state index in [0.29, 0.717) is 49.8 Å². The molecule has 0 aromatic heterocycles. The first-order chi connectivity index (χ1) is 25.8. The molecule has 4 atom stereocenters. The fourth-order valence-electron chi connectivity index (χ4n) is 8.85. The van der Waals surface area contributed by atoms with Gasteiger partial charge in [0.2, 0.25) is 0 Å². The van der Waals surface area contributed by atoms with Crippen LogP contribution in [-0.2, 0) is 19.1 Å². The fourth-order valence-corrected chi connectivity index (χ4v) is 8.85. The average Bonchev–Trinajstić information content (AvgIpc) is 3.79. The molecule has 0 bridgehead atoms. The fraction of sp³-hybridized carbons (Fsp3) is 0.775. The number of allylic oxidation sites excluding steroid dienone is 2. The third kappa shape index (κ3) is 11.1. The summed E-state index contributed by atoms with van der Waals surface area (Å²) >= 11 is 0. The van der Waals surface area contributed by atoms with Crippen LogP contribution in [0.2, 0.25) is 0 Å². The number of nitrogens with two attached hydrogens (primary N) is 3. The molecule has 296 valence electrons. The molecular formula is C40H68N9O4+. The summed E-state index contributed by atoms with van der Waals surface area (Å²) in [5.41, 5.74) is 20.5. The number of carbonyl (C=O) groups excluding carboxylic acids is 2. The van der Waals surface area contributed by atoms with Crippen molar-refractivity contribution in [2.24, 2.45) is 27.2 Å². The molecule has 0 spiro atoms. The molecule has 0 aromatic carbocycles. The number of rotatable bonds is 23. The third-order valence-corrected chi connectivity index (χ3v) is 11.6. The van der Waals surface area contributed by atoms with Gasteiger partial charge in [0.25, 0.3) is 0 Å². The van der Waals surface area contributed by atoms with Crippen molar-refractivity contribution in [3.8, 4) is 0 Å². The minimum atomic E-state index is -0.280. The van der Waals surface area contributed by atoms with Crippen LogP contribution in [0.25, 0.3) is 0 Å². The van der Waals surface area contributed by atoms with Crippen molar-refractivity contribution in [3.05, 3.63) is 22.5 Å². The Bertz CT molecular complexity index is 1420. The zero-order chi connectivity index (χ0) is 37.6. The average molecular weight is 739 g/mol. The minimum absolute atomic E-state index is 0.0742. The van der Waals surface area contributed by atoms with Crippen molar-refractivity contribution >= 4 is 29.8 Å². The summed E-state index contributed by atoms with van der Waals surface area (Å²) in [7, 11) is 0. The van der Waals surface area contributed by atoms with Gasteiger partial charge < -0.3 is 31.6 Å². The highest BCUT2D eigenvalue weighted by Gasteiger charge is 2.48. The molecule has 0 radical (unpaired) electrons. The molecule has 2 fully saturated rings. The van der Waals surface area contributed by atoms with Crippen LogP contribution in [0.15, 0.2) is 32.5 Å². The van der Waals surface area contributed by atoms with Gasteiger partial charge in [0.1, 0.15) is 11.6 Å². The molecule has 0 aromatic rings. The van der Waals surface area contributed by atoms with E-state index in [0.717, 1.165) is 119 Å². The van der Waals surface area contributed by atoms with Gasteiger partial charge in [0, 0.05) is 25.2 Å². The number of unbranched alkanes of at least 4 members (excludes halogenated alkanes) is 11. The Morgan fingerprint density at radius 1 is 0.887 bits per heavy atom. The van der Waals surface area contributed by atoms with Crippen molar-refractivity contribution < 1.29 is 23.6 Å². The van der Waals surface area contributed by atoms with E-state index in [1.165, 1.54) is 38.5 Å². The van der Waals surface area contributed by atoms with Gasteiger partial charge in [-0.2, -0.15) is 0 Å². The number of nitrogens with zero attached hydrogens (tertiary/aromatic N) is 4. The zero-order valence-corrected chi connectivity index (χ0v) is 32.6. The van der Waals surface area contributed by atoms with Gasteiger partial charge in [-0.05, 0) is 64.7 Å². The SMILES string of the molecule is CCCCCCC[C@@H]1C[C@@H]2CC[C@@H]3C(C(=O)OCCCCCCCCCC4N=C(N)N5CCCC5=C4C(=O)OCCCCN=C(N)N)=C(C)NC(=[N+]23)N1. The topological polar surface area (TPSA) is 186 Å². The van der Waals surface area contributed by atoms with Gasteiger partial charge in [0.15, 0.2) is 11.9 Å². The van der Waals surface area contributed by atoms with E-state index < -0.39 is 0 Å². The minimum Gasteiger partial charge on any atom is -0.462 e. The number of hydrogen-bond acceptors (Lipinski definition) is 10. The van der Waals surface area contributed by atoms with E-state index >= 15 is 0 Å². The molecule has 0 saturated carbocycles. The van der Waals surface area contributed by atoms with Gasteiger partial charge in [-0.25, -0.2) is 19.9 Å². The molecule has 1 unspecified atom stereocenters. The Morgan fingerprint density at radius 3 is 2.28 bits per heavy atom. The van der Waals surface area contributed by atoms with Crippen molar-refractivity contribution in [1.29, 1.82) is 0 Å². The standard InChI is InChI=1S/C40H67N9O4/c1-3-4-5-9-12-18-29-27-30-21-22-33-34(28(2)45-40(46-29)49(30)33)36(50)52-25-15-11-8-6-7-10-13-19-31-35(32-20-17-24-48(32)39(43)47-31)37(51)53-26-16-14-23-44-38(41)42/h29-31,33H,3-27H2,1-2H3,(H7,41,42,43,44,45,46,47,50)/p+1/t29-,30+,31?,33-/m1/s1. The summed E-state index contributed by atoms with van der Waals surface area (Å²) in [5.74, 6) is 1.24. The lowest BCUT2D eigenvalue weighted by molar-refractivity contribution is -0.580. The summed E-state index contributed by atoms with van der Waals surface area (Å²) in [6.07, 6.45) is 22.4. The lowest BCUT2D eigenvalue weighted by atomic mass is 9.96. The van der Waals surface area contributed by atoms with Gasteiger partial charge in [-0.3, -0.25) is 14.9 Å². The first-order valence-corrected chi connectivity index (χ1v) is 20.9. The summed E-state index contributed by atoms with van der Waals surface area (Å²) in [6.45, 7) is 6.38. The highest BCUT2D eigenvalue weighted by Crippen LogP contribution is 2.35. The Labute approximate surface area is 317 Å². The van der Waals surface area contributed by atoms with Crippen LogP contribution in [0.3, 0.4) is 0 Å². The predicted molar refractivity (Wildman–Crippen MR) is 210 cm³/mol. The van der Waals surface area contributed by atoms with Crippen LogP contribution in [0.5, 0.6) is 0 Å². The summed E-state index contributed by atoms with van der Waals surface area (Å²) < 4.78 is 14.0. The molecular weight excluding hydrogens is 670 g/mol. The third-order valence-electron chi connectivity index (χ3n) is 11.6. The predicted octanol–water partition coefficient (Wildman–Crippen LogP) is 4.79. The number of fused-ring (bicyclic) bond motifs is 1. The quantitative estimate of drug-likeness (QED) is 0.0321. The highest BCUT2D eigenvalue weighted by atomic mass is 16.5. The van der Waals surface area contributed by atoms with Gasteiger partial charge in [-0.15, -0.1) is 0 Å². The maximum absolute atomic E-state index is 13.3. The Kier molecular flexibility index (Phi) is 15.7. The molecule has 0 amide bonds. The van der Waals surface area contributed by atoms with Gasteiger partial charge >= 0.3 is 17.9 Å². The zero-order valence-electron chi connectivity index (χ0n) is 32.6. The highest BCUT2D eigenvalue weighted by molar-refractivity contribution is 5.95. The van der Waals surface area contributed by atoms with Gasteiger partial charge in [-0.1, -0.05) is 77.6 Å². The maximum Gasteiger partial charge on any atom is 0.351 e. The summed E-state index contributed by atoms with van der Waals surface area (Å²) in [6, 6.07) is 0.858. The molecule has 2 saturated heterocycles. The Hall–Kier alpha value is -3.77. The molecule has 0 aliphatic carbocycles. The number of hydrogen-bond donors (Lipinski definition) is 5. The Morgan fingerprint density at radius 2 is 1.55 bits per heavy atom. The molecule has 13 nitrogen and oxygen atoms in total. The molecule has 8 N–H and O–H groups in total. The largest absolute Gasteiger partial charge is 0.462 e. The monoisotopic (exact) mass is 739 g/mol. The number of guanidine groups is 3. The number of esters is 2. The molecule has 5 rings (SSSR count).